The van der Waals surface area contributed by atoms with Gasteiger partial charge in [0.25, 0.3) is 0 Å². The Hall–Kier alpha value is -3.19. The lowest BCUT2D eigenvalue weighted by molar-refractivity contribution is 0.759. The van der Waals surface area contributed by atoms with Gasteiger partial charge >= 0.3 is 0 Å². The molecule has 0 fully saturated rings. The second kappa shape index (κ2) is 6.76. The lowest BCUT2D eigenvalue weighted by Gasteiger charge is -2.31. The summed E-state index contributed by atoms with van der Waals surface area (Å²) in [5, 5.41) is 4.07. The number of anilines is 5. The molecule has 6 nitrogen and oxygen atoms in total. The Labute approximate surface area is 167 Å². The van der Waals surface area contributed by atoms with Crippen LogP contribution in [0, 0.1) is 6.92 Å². The molecular formula is C21H20N6S. The zero-order chi connectivity index (χ0) is 19.1. The molecule has 0 radical (unpaired) electrons. The summed E-state index contributed by atoms with van der Waals surface area (Å²) in [4.78, 5) is 15.8. The Morgan fingerprint density at radius 2 is 2.00 bits per heavy atom. The number of hydrogen-bond donors (Lipinski definition) is 2. The normalized spacial score (nSPS) is 13.5. The molecule has 1 aliphatic heterocycles. The Morgan fingerprint density at radius 3 is 2.89 bits per heavy atom. The number of aryl methyl sites for hydroxylation is 2. The van der Waals surface area contributed by atoms with Gasteiger partial charge in [0.05, 0.1) is 10.2 Å². The van der Waals surface area contributed by atoms with E-state index in [1.807, 2.05) is 6.07 Å². The maximum atomic E-state index is 6.49. The summed E-state index contributed by atoms with van der Waals surface area (Å²) in [5.41, 5.74) is 11.7. The molecule has 2 aromatic heterocycles. The molecule has 0 saturated carbocycles. The Morgan fingerprint density at radius 1 is 1.11 bits per heavy atom. The molecule has 3 heterocycles. The lowest BCUT2D eigenvalue weighted by Crippen LogP contribution is -2.26. The van der Waals surface area contributed by atoms with E-state index in [4.69, 9.17) is 10.7 Å². The number of benzene rings is 2. The number of aromatic nitrogens is 3. The van der Waals surface area contributed by atoms with Crippen molar-refractivity contribution in [3.8, 4) is 0 Å². The van der Waals surface area contributed by atoms with Crippen LogP contribution in [0.1, 0.15) is 17.5 Å². The van der Waals surface area contributed by atoms with Gasteiger partial charge in [0.2, 0.25) is 0 Å². The number of hydrogen-bond acceptors (Lipinski definition) is 7. The van der Waals surface area contributed by atoms with Crippen LogP contribution in [-0.4, -0.2) is 21.5 Å². The molecule has 1 aliphatic rings. The van der Waals surface area contributed by atoms with Gasteiger partial charge in [-0.2, -0.15) is 0 Å². The molecule has 4 aromatic rings. The molecule has 0 atom stereocenters. The molecule has 0 spiro atoms. The van der Waals surface area contributed by atoms with E-state index in [0.717, 1.165) is 46.1 Å². The minimum atomic E-state index is 0.537. The van der Waals surface area contributed by atoms with Crippen LogP contribution in [0.25, 0.3) is 10.2 Å². The van der Waals surface area contributed by atoms with Crippen LogP contribution in [0.3, 0.4) is 0 Å². The SMILES string of the molecule is Cc1cccc2sc(Nc3ncnc(N4CCCc5ccccc54)c3N)nc12. The average molecular weight is 389 g/mol. The molecule has 0 saturated heterocycles. The number of fused-ring (bicyclic) bond motifs is 2. The fourth-order valence-corrected chi connectivity index (χ4v) is 4.64. The Kier molecular flexibility index (Phi) is 4.09. The fraction of sp³-hybridized carbons (Fsp3) is 0.190. The average Bonchev–Trinajstić information content (AvgIpc) is 3.13. The van der Waals surface area contributed by atoms with Crippen LogP contribution in [0.5, 0.6) is 0 Å². The number of rotatable bonds is 3. The quantitative estimate of drug-likeness (QED) is 0.524. The van der Waals surface area contributed by atoms with E-state index in [1.54, 1.807) is 17.7 Å². The number of thiazole rings is 1. The minimum Gasteiger partial charge on any atom is -0.393 e. The fourth-order valence-electron chi connectivity index (χ4n) is 3.70. The van der Waals surface area contributed by atoms with Crippen molar-refractivity contribution >= 4 is 49.7 Å². The topological polar surface area (TPSA) is 80.0 Å². The highest BCUT2D eigenvalue weighted by atomic mass is 32.1. The van der Waals surface area contributed by atoms with Gasteiger partial charge in [-0.25, -0.2) is 15.0 Å². The first kappa shape index (κ1) is 16.9. The second-order valence-electron chi connectivity index (χ2n) is 6.91. The zero-order valence-electron chi connectivity index (χ0n) is 15.5. The third-order valence-electron chi connectivity index (χ3n) is 5.07. The van der Waals surface area contributed by atoms with Gasteiger partial charge in [-0.05, 0) is 43.0 Å². The van der Waals surface area contributed by atoms with Crippen molar-refractivity contribution in [2.45, 2.75) is 19.8 Å². The number of nitrogens with two attached hydrogens (primary N) is 1. The summed E-state index contributed by atoms with van der Waals surface area (Å²) in [6.07, 6.45) is 3.71. The van der Waals surface area contributed by atoms with Crippen molar-refractivity contribution in [3.63, 3.8) is 0 Å². The molecule has 2 aromatic carbocycles. The predicted molar refractivity (Wildman–Crippen MR) is 116 cm³/mol. The van der Waals surface area contributed by atoms with Crippen LogP contribution in [0.2, 0.25) is 0 Å². The summed E-state index contributed by atoms with van der Waals surface area (Å²) in [6, 6.07) is 14.6. The van der Waals surface area contributed by atoms with Gasteiger partial charge in [-0.15, -0.1) is 0 Å². The number of nitrogens with one attached hydrogen (secondary N) is 1. The van der Waals surface area contributed by atoms with E-state index in [2.05, 4.69) is 63.5 Å². The van der Waals surface area contributed by atoms with Crippen molar-refractivity contribution in [2.24, 2.45) is 0 Å². The van der Waals surface area contributed by atoms with Gasteiger partial charge in [0, 0.05) is 12.2 Å². The zero-order valence-corrected chi connectivity index (χ0v) is 16.3. The Bertz CT molecular complexity index is 1170. The van der Waals surface area contributed by atoms with E-state index in [-0.39, 0.29) is 0 Å². The van der Waals surface area contributed by atoms with E-state index in [0.29, 0.717) is 11.5 Å². The van der Waals surface area contributed by atoms with Crippen LogP contribution in [0.4, 0.5) is 28.1 Å². The lowest BCUT2D eigenvalue weighted by atomic mass is 10.0. The third-order valence-corrected chi connectivity index (χ3v) is 6.01. The van der Waals surface area contributed by atoms with Crippen molar-refractivity contribution in [2.75, 3.05) is 22.5 Å². The Balaban J connectivity index is 1.52. The number of para-hydroxylation sites is 2. The summed E-state index contributed by atoms with van der Waals surface area (Å²) in [6.45, 7) is 2.95. The minimum absolute atomic E-state index is 0.537. The first-order valence-electron chi connectivity index (χ1n) is 9.30. The van der Waals surface area contributed by atoms with E-state index >= 15 is 0 Å². The van der Waals surface area contributed by atoms with Crippen LogP contribution >= 0.6 is 11.3 Å². The van der Waals surface area contributed by atoms with Gasteiger partial charge in [0.1, 0.15) is 12.0 Å². The van der Waals surface area contributed by atoms with Gasteiger partial charge < -0.3 is 16.0 Å². The molecule has 28 heavy (non-hydrogen) atoms. The number of nitrogens with zero attached hydrogens (tertiary/aromatic N) is 4. The second-order valence-corrected chi connectivity index (χ2v) is 7.94. The van der Waals surface area contributed by atoms with Crippen molar-refractivity contribution < 1.29 is 0 Å². The van der Waals surface area contributed by atoms with E-state index < -0.39 is 0 Å². The standard InChI is InChI=1S/C21H20N6S/c1-13-6-4-10-16-18(13)25-21(28-16)26-19-17(22)20(24-12-23-19)27-11-5-8-14-7-2-3-9-15(14)27/h2-4,6-7,9-10,12H,5,8,11,22H2,1H3,(H,23,24,25,26). The van der Waals surface area contributed by atoms with Crippen molar-refractivity contribution in [1.82, 2.24) is 15.0 Å². The van der Waals surface area contributed by atoms with E-state index in [1.165, 1.54) is 11.3 Å². The molecule has 0 unspecified atom stereocenters. The highest BCUT2D eigenvalue weighted by Gasteiger charge is 2.22. The molecule has 0 amide bonds. The van der Waals surface area contributed by atoms with Gasteiger partial charge in [-0.1, -0.05) is 41.7 Å². The van der Waals surface area contributed by atoms with Crippen molar-refractivity contribution in [3.05, 3.63) is 59.9 Å². The molecule has 3 N–H and O–H groups in total. The van der Waals surface area contributed by atoms with Crippen molar-refractivity contribution in [1.29, 1.82) is 0 Å². The summed E-state index contributed by atoms with van der Waals surface area (Å²) in [7, 11) is 0. The maximum Gasteiger partial charge on any atom is 0.189 e. The highest BCUT2D eigenvalue weighted by Crippen LogP contribution is 2.38. The molecule has 0 bridgehead atoms. The third kappa shape index (κ3) is 2.84. The maximum absolute atomic E-state index is 6.49. The first-order valence-corrected chi connectivity index (χ1v) is 10.1. The van der Waals surface area contributed by atoms with E-state index in [9.17, 15) is 0 Å². The first-order chi connectivity index (χ1) is 13.7. The highest BCUT2D eigenvalue weighted by molar-refractivity contribution is 7.22. The molecule has 5 rings (SSSR count). The molecule has 0 aliphatic carbocycles. The van der Waals surface area contributed by atoms with Crippen LogP contribution in [0.15, 0.2) is 48.8 Å². The molecule has 7 heteroatoms. The summed E-state index contributed by atoms with van der Waals surface area (Å²) < 4.78 is 1.14. The van der Waals surface area contributed by atoms with Gasteiger partial charge in [-0.3, -0.25) is 0 Å². The smallest absolute Gasteiger partial charge is 0.189 e. The molecular weight excluding hydrogens is 368 g/mol. The van der Waals surface area contributed by atoms with Gasteiger partial charge in [0.15, 0.2) is 16.8 Å². The van der Waals surface area contributed by atoms with Crippen LogP contribution in [-0.2, 0) is 6.42 Å². The molecule has 140 valence electrons. The summed E-state index contributed by atoms with van der Waals surface area (Å²) >= 11 is 1.59. The predicted octanol–water partition coefficient (Wildman–Crippen LogP) is 4.80. The van der Waals surface area contributed by atoms with Crippen LogP contribution < -0.4 is 16.0 Å². The summed E-state index contributed by atoms with van der Waals surface area (Å²) in [5.74, 6) is 1.33. The number of nitrogen functional groups attached to an aromatic ring is 1. The monoisotopic (exact) mass is 388 g/mol. The largest absolute Gasteiger partial charge is 0.393 e.